The van der Waals surface area contributed by atoms with Gasteiger partial charge in [0.2, 0.25) is 5.96 Å². The smallest absolute Gasteiger partial charge is 0.253 e. The largest absolute Gasteiger partial charge is 0.393 e. The van der Waals surface area contributed by atoms with Crippen LogP contribution in [0.25, 0.3) is 0 Å². The Morgan fingerprint density at radius 3 is 2.69 bits per heavy atom. The van der Waals surface area contributed by atoms with E-state index >= 15 is 0 Å². The van der Waals surface area contributed by atoms with Crippen LogP contribution in [-0.2, 0) is 0 Å². The molecule has 9 heteroatoms. The van der Waals surface area contributed by atoms with E-state index in [1.54, 1.807) is 32.4 Å². The third-order valence-corrected chi connectivity index (χ3v) is 5.44. The molecule has 5 N–H and O–H groups in total. The fourth-order valence-corrected chi connectivity index (χ4v) is 3.59. The number of nitrogens with one attached hydrogen (secondary N) is 2. The maximum absolute atomic E-state index is 12.3. The van der Waals surface area contributed by atoms with E-state index in [-0.39, 0.29) is 23.9 Å². The summed E-state index contributed by atoms with van der Waals surface area (Å²) in [5.74, 6) is 0.634. The molecule has 0 saturated heterocycles. The Morgan fingerprint density at radius 2 is 2.03 bits per heavy atom. The average Bonchev–Trinajstić information content (AvgIpc) is 2.77. The van der Waals surface area contributed by atoms with Crippen LogP contribution in [0.1, 0.15) is 41.6 Å². The summed E-state index contributed by atoms with van der Waals surface area (Å²) < 4.78 is 0. The van der Waals surface area contributed by atoms with E-state index in [0.717, 1.165) is 31.2 Å². The zero-order valence-electron chi connectivity index (χ0n) is 18.8. The van der Waals surface area contributed by atoms with Gasteiger partial charge >= 0.3 is 0 Å². The van der Waals surface area contributed by atoms with E-state index in [4.69, 9.17) is 5.73 Å². The van der Waals surface area contributed by atoms with Gasteiger partial charge in [-0.25, -0.2) is 9.98 Å². The summed E-state index contributed by atoms with van der Waals surface area (Å²) in [6, 6.07) is 5.61. The summed E-state index contributed by atoms with van der Waals surface area (Å²) in [6.45, 7) is 5.58. The minimum Gasteiger partial charge on any atom is -0.393 e. The molecule has 0 atom stereocenters. The van der Waals surface area contributed by atoms with Crippen LogP contribution in [0.5, 0.6) is 0 Å². The number of aliphatic imine (C=N–C) groups is 3. The van der Waals surface area contributed by atoms with Crippen molar-refractivity contribution in [2.24, 2.45) is 20.7 Å². The Bertz CT molecular complexity index is 1000. The molecule has 1 saturated carbocycles. The molecule has 0 spiro atoms. The Labute approximate surface area is 188 Å². The van der Waals surface area contributed by atoms with E-state index in [2.05, 4.69) is 32.2 Å². The molecule has 0 bridgehead atoms. The first-order valence-electron chi connectivity index (χ1n) is 10.6. The van der Waals surface area contributed by atoms with Crippen molar-refractivity contribution in [3.63, 3.8) is 0 Å². The van der Waals surface area contributed by atoms with E-state index in [9.17, 15) is 9.90 Å². The van der Waals surface area contributed by atoms with Crippen molar-refractivity contribution in [3.05, 3.63) is 53.6 Å². The maximum Gasteiger partial charge on any atom is 0.253 e. The summed E-state index contributed by atoms with van der Waals surface area (Å²) in [7, 11) is 3.42. The van der Waals surface area contributed by atoms with Crippen molar-refractivity contribution in [3.8, 4) is 0 Å². The highest BCUT2D eigenvalue weighted by atomic mass is 16.3. The molecule has 9 nitrogen and oxygen atoms in total. The lowest BCUT2D eigenvalue weighted by Gasteiger charge is -2.27. The first-order valence-corrected chi connectivity index (χ1v) is 10.6. The predicted molar refractivity (Wildman–Crippen MR) is 129 cm³/mol. The van der Waals surface area contributed by atoms with Gasteiger partial charge in [-0.05, 0) is 50.3 Å². The molecule has 1 heterocycles. The van der Waals surface area contributed by atoms with Crippen LogP contribution in [-0.4, -0.2) is 60.0 Å². The van der Waals surface area contributed by atoms with Gasteiger partial charge in [-0.1, -0.05) is 12.6 Å². The third kappa shape index (κ3) is 5.61. The van der Waals surface area contributed by atoms with Crippen LogP contribution < -0.4 is 16.4 Å². The molecule has 0 unspecified atom stereocenters. The van der Waals surface area contributed by atoms with E-state index in [1.165, 1.54) is 11.1 Å². The van der Waals surface area contributed by atoms with Crippen molar-refractivity contribution in [1.82, 2.24) is 10.2 Å². The number of rotatable bonds is 5. The van der Waals surface area contributed by atoms with Crippen LogP contribution in [0.4, 0.5) is 5.69 Å². The molecule has 1 aromatic rings. The fraction of sp³-hybridized carbons (Fsp3) is 0.391. The fourth-order valence-electron chi connectivity index (χ4n) is 3.59. The number of anilines is 1. The zero-order chi connectivity index (χ0) is 23.3. The summed E-state index contributed by atoms with van der Waals surface area (Å²) in [6.07, 6.45) is 5.98. The molecule has 0 aromatic heterocycles. The molecular formula is C23H31N7O2. The summed E-state index contributed by atoms with van der Waals surface area (Å²) in [5.41, 5.74) is 9.49. The van der Waals surface area contributed by atoms with Gasteiger partial charge in [0.05, 0.1) is 12.3 Å². The number of allylic oxidation sites excluding steroid dienone is 1. The molecule has 1 amide bonds. The molecular weight excluding hydrogens is 406 g/mol. The van der Waals surface area contributed by atoms with Crippen molar-refractivity contribution in [1.29, 1.82) is 0 Å². The number of aryl methyl sites for hydroxylation is 1. The molecule has 1 aliphatic carbocycles. The topological polar surface area (TPSA) is 128 Å². The quantitative estimate of drug-likeness (QED) is 0.561. The number of amides is 1. The van der Waals surface area contributed by atoms with Gasteiger partial charge in [-0.2, -0.15) is 0 Å². The molecule has 2 aliphatic rings. The number of nitrogens with zero attached hydrogens (tertiary/aromatic N) is 4. The molecule has 1 aromatic carbocycles. The number of aliphatic hydroxyl groups excluding tert-OH is 1. The van der Waals surface area contributed by atoms with Gasteiger partial charge in [0, 0.05) is 37.6 Å². The Morgan fingerprint density at radius 1 is 1.31 bits per heavy atom. The normalized spacial score (nSPS) is 23.4. The van der Waals surface area contributed by atoms with E-state index < -0.39 is 0 Å². The van der Waals surface area contributed by atoms with Crippen molar-refractivity contribution in [2.45, 2.75) is 44.8 Å². The first kappa shape index (κ1) is 23.2. The Kier molecular flexibility index (Phi) is 7.42. The number of nitrogens with two attached hydrogens (primary N) is 1. The Hall–Kier alpha value is -3.46. The molecule has 1 fully saturated rings. The van der Waals surface area contributed by atoms with E-state index in [0.29, 0.717) is 28.6 Å². The van der Waals surface area contributed by atoms with Crippen molar-refractivity contribution >= 4 is 29.5 Å². The van der Waals surface area contributed by atoms with Crippen molar-refractivity contribution in [2.75, 3.05) is 19.4 Å². The number of hydrogen-bond acceptors (Lipinski definition) is 8. The highest BCUT2D eigenvalue weighted by Gasteiger charge is 2.22. The lowest BCUT2D eigenvalue weighted by Crippen LogP contribution is -2.39. The summed E-state index contributed by atoms with van der Waals surface area (Å²) >= 11 is 0. The van der Waals surface area contributed by atoms with Crippen molar-refractivity contribution < 1.29 is 9.90 Å². The minimum atomic E-state index is -0.232. The minimum absolute atomic E-state index is 0.0971. The second kappa shape index (κ2) is 10.2. The molecule has 32 heavy (non-hydrogen) atoms. The highest BCUT2D eigenvalue weighted by Crippen LogP contribution is 2.22. The maximum atomic E-state index is 12.3. The number of benzene rings is 1. The van der Waals surface area contributed by atoms with Crippen LogP contribution in [0.2, 0.25) is 0 Å². The number of carbonyl (C=O) groups is 1. The summed E-state index contributed by atoms with van der Waals surface area (Å²) in [4.78, 5) is 27.1. The first-order chi connectivity index (χ1) is 15.3. The number of aliphatic hydroxyl groups is 1. The lowest BCUT2D eigenvalue weighted by molar-refractivity contribution is 0.0827. The summed E-state index contributed by atoms with van der Waals surface area (Å²) in [5, 5.41) is 16.2. The van der Waals surface area contributed by atoms with Gasteiger partial charge < -0.3 is 26.4 Å². The van der Waals surface area contributed by atoms with Crippen LogP contribution in [0, 0.1) is 6.92 Å². The average molecular weight is 438 g/mol. The van der Waals surface area contributed by atoms with Gasteiger partial charge in [0.25, 0.3) is 5.91 Å². The van der Waals surface area contributed by atoms with Crippen LogP contribution >= 0.6 is 0 Å². The molecule has 170 valence electrons. The second-order valence-corrected chi connectivity index (χ2v) is 8.16. The van der Waals surface area contributed by atoms with Crippen LogP contribution in [0.15, 0.2) is 57.5 Å². The van der Waals surface area contributed by atoms with Crippen LogP contribution in [0.3, 0.4) is 0 Å². The Balaban J connectivity index is 1.88. The number of guanidine groups is 1. The molecule has 3 rings (SSSR count). The molecule has 1 aliphatic heterocycles. The monoisotopic (exact) mass is 437 g/mol. The third-order valence-electron chi connectivity index (χ3n) is 5.44. The standard InChI is InChI=1S/C23H31N7O2/c1-5-25-19-13-26-23(27-16-8-10-17(31)11-9-16)29-20(19)21(24)28-18-12-15(7-6-14(18)2)22(32)30(3)4/h5-7,12-13,16-17,28,31H,1,8-11,24H2,2-4H3,(H,27,29)/b21-20-,25-19-. The number of hydrogen-bond donors (Lipinski definition) is 4. The lowest BCUT2D eigenvalue weighted by atomic mass is 9.93. The second-order valence-electron chi connectivity index (χ2n) is 8.16. The van der Waals surface area contributed by atoms with Gasteiger partial charge in [0.1, 0.15) is 17.2 Å². The van der Waals surface area contributed by atoms with E-state index in [1.807, 2.05) is 13.0 Å². The predicted octanol–water partition coefficient (Wildman–Crippen LogP) is 2.15. The van der Waals surface area contributed by atoms with Gasteiger partial charge in [0.15, 0.2) is 0 Å². The SMILES string of the molecule is C=C/N=C1/C=NC(NC2CCC(O)CC2)=N/C1=C(/N)Nc1cc(C(=O)N(C)C)ccc1C. The highest BCUT2D eigenvalue weighted by molar-refractivity contribution is 6.41. The molecule has 0 radical (unpaired) electrons. The van der Waals surface area contributed by atoms with Gasteiger partial charge in [-0.3, -0.25) is 9.79 Å². The number of carbonyl (C=O) groups excluding carboxylic acids is 1. The zero-order valence-corrected chi connectivity index (χ0v) is 18.8. The van der Waals surface area contributed by atoms with Gasteiger partial charge in [-0.15, -0.1) is 0 Å².